The van der Waals surface area contributed by atoms with Gasteiger partial charge in [-0.1, -0.05) is 19.3 Å². The lowest BCUT2D eigenvalue weighted by atomic mass is 9.72. The molecule has 2 nitrogen and oxygen atoms in total. The van der Waals surface area contributed by atoms with Gasteiger partial charge >= 0.3 is 0 Å². The van der Waals surface area contributed by atoms with Gasteiger partial charge in [-0.2, -0.15) is 0 Å². The van der Waals surface area contributed by atoms with Crippen LogP contribution in [0.3, 0.4) is 0 Å². The smallest absolute Gasteiger partial charge is 0.0700 e. The molecule has 0 amide bonds. The lowest BCUT2D eigenvalue weighted by molar-refractivity contribution is -0.0813. The Kier molecular flexibility index (Phi) is 5.75. The zero-order chi connectivity index (χ0) is 11.6. The van der Waals surface area contributed by atoms with Crippen molar-refractivity contribution in [3.05, 3.63) is 0 Å². The lowest BCUT2D eigenvalue weighted by Gasteiger charge is -2.45. The summed E-state index contributed by atoms with van der Waals surface area (Å²) >= 11 is 0. The Balaban J connectivity index is 0.00000144. The van der Waals surface area contributed by atoms with Crippen LogP contribution in [0.4, 0.5) is 0 Å². The zero-order valence-electron chi connectivity index (χ0n) is 11.3. The molecule has 0 aromatic carbocycles. The quantitative estimate of drug-likeness (QED) is 0.825. The Hall–Kier alpha value is 0.210. The Morgan fingerprint density at radius 1 is 1.06 bits per heavy atom. The Bertz CT molecular complexity index is 218. The molecule has 0 spiro atoms. The Morgan fingerprint density at radius 2 is 1.59 bits per heavy atom. The summed E-state index contributed by atoms with van der Waals surface area (Å²) in [6.07, 6.45) is 8.56. The van der Waals surface area contributed by atoms with E-state index in [1.54, 1.807) is 0 Å². The third kappa shape index (κ3) is 3.59. The van der Waals surface area contributed by atoms with E-state index in [1.807, 2.05) is 0 Å². The SMILES string of the molecule is CC(C)N1CCC(O)(C2CCCCC2)CC1.Cl. The van der Waals surface area contributed by atoms with Crippen LogP contribution >= 0.6 is 12.4 Å². The fraction of sp³-hybridized carbons (Fsp3) is 1.00. The molecule has 1 aliphatic carbocycles. The van der Waals surface area contributed by atoms with E-state index in [9.17, 15) is 5.11 Å². The fourth-order valence-electron chi connectivity index (χ4n) is 3.48. The van der Waals surface area contributed by atoms with E-state index < -0.39 is 0 Å². The van der Waals surface area contributed by atoms with Gasteiger partial charge in [-0.05, 0) is 45.4 Å². The van der Waals surface area contributed by atoms with Crippen molar-refractivity contribution >= 4 is 12.4 Å². The van der Waals surface area contributed by atoms with Gasteiger partial charge in [0.2, 0.25) is 0 Å². The molecule has 1 saturated heterocycles. The molecule has 1 aliphatic heterocycles. The summed E-state index contributed by atoms with van der Waals surface area (Å²) in [5, 5.41) is 10.8. The highest BCUT2D eigenvalue weighted by Gasteiger charge is 2.40. The van der Waals surface area contributed by atoms with E-state index >= 15 is 0 Å². The van der Waals surface area contributed by atoms with Crippen LogP contribution in [0.25, 0.3) is 0 Å². The predicted molar refractivity (Wildman–Crippen MR) is 74.7 cm³/mol. The van der Waals surface area contributed by atoms with E-state index in [-0.39, 0.29) is 18.0 Å². The third-order valence-corrected chi connectivity index (χ3v) is 4.76. The molecule has 0 radical (unpaired) electrons. The van der Waals surface area contributed by atoms with Crippen LogP contribution in [0.5, 0.6) is 0 Å². The van der Waals surface area contributed by atoms with Crippen LogP contribution in [0.2, 0.25) is 0 Å². The minimum absolute atomic E-state index is 0. The van der Waals surface area contributed by atoms with E-state index in [0.29, 0.717) is 12.0 Å². The zero-order valence-corrected chi connectivity index (χ0v) is 12.1. The van der Waals surface area contributed by atoms with Crippen LogP contribution in [0.1, 0.15) is 58.8 Å². The number of piperidine rings is 1. The van der Waals surface area contributed by atoms with Gasteiger partial charge in [0.25, 0.3) is 0 Å². The summed E-state index contributed by atoms with van der Waals surface area (Å²) < 4.78 is 0. The summed E-state index contributed by atoms with van der Waals surface area (Å²) in [6.45, 7) is 6.69. The van der Waals surface area contributed by atoms with Crippen molar-refractivity contribution in [2.24, 2.45) is 5.92 Å². The average molecular weight is 262 g/mol. The van der Waals surface area contributed by atoms with Crippen molar-refractivity contribution in [1.29, 1.82) is 0 Å². The number of hydrogen-bond donors (Lipinski definition) is 1. The molecule has 2 rings (SSSR count). The van der Waals surface area contributed by atoms with Gasteiger partial charge < -0.3 is 10.0 Å². The van der Waals surface area contributed by atoms with Gasteiger partial charge in [-0.15, -0.1) is 12.4 Å². The molecule has 0 bridgehead atoms. The Morgan fingerprint density at radius 3 is 2.06 bits per heavy atom. The molecular weight excluding hydrogens is 234 g/mol. The van der Waals surface area contributed by atoms with Gasteiger partial charge in [-0.25, -0.2) is 0 Å². The van der Waals surface area contributed by atoms with E-state index in [1.165, 1.54) is 32.1 Å². The first-order chi connectivity index (χ1) is 7.62. The van der Waals surface area contributed by atoms with Crippen molar-refractivity contribution in [2.45, 2.75) is 70.4 Å². The maximum atomic E-state index is 10.8. The number of aliphatic hydroxyl groups is 1. The monoisotopic (exact) mass is 261 g/mol. The molecule has 1 N–H and O–H groups in total. The molecule has 3 heteroatoms. The second-order valence-electron chi connectivity index (χ2n) is 6.07. The van der Waals surface area contributed by atoms with Crippen LogP contribution < -0.4 is 0 Å². The topological polar surface area (TPSA) is 23.5 Å². The number of rotatable bonds is 2. The van der Waals surface area contributed by atoms with Gasteiger partial charge in [0, 0.05) is 19.1 Å². The predicted octanol–water partition coefficient (Wildman–Crippen LogP) is 3.22. The molecule has 17 heavy (non-hydrogen) atoms. The molecule has 0 aromatic heterocycles. The number of likely N-dealkylation sites (tertiary alicyclic amines) is 1. The summed E-state index contributed by atoms with van der Waals surface area (Å²) in [5.74, 6) is 0.593. The van der Waals surface area contributed by atoms with Crippen LogP contribution in [-0.2, 0) is 0 Å². The van der Waals surface area contributed by atoms with Gasteiger partial charge in [0.05, 0.1) is 5.60 Å². The van der Waals surface area contributed by atoms with Crippen molar-refractivity contribution < 1.29 is 5.11 Å². The standard InChI is InChI=1S/C14H27NO.ClH/c1-12(2)15-10-8-14(16,9-11-15)13-6-4-3-5-7-13;/h12-13,16H,3-11H2,1-2H3;1H. The van der Waals surface area contributed by atoms with Crippen molar-refractivity contribution in [3.63, 3.8) is 0 Å². The molecule has 2 aliphatic rings. The number of nitrogens with zero attached hydrogens (tertiary/aromatic N) is 1. The first kappa shape index (κ1) is 15.3. The molecular formula is C14H28ClNO. The average Bonchev–Trinajstić information content (AvgIpc) is 2.31. The van der Waals surface area contributed by atoms with Gasteiger partial charge in [0.15, 0.2) is 0 Å². The molecule has 2 fully saturated rings. The normalized spacial score (nSPS) is 26.8. The number of halogens is 1. The second kappa shape index (κ2) is 6.40. The summed E-state index contributed by atoms with van der Waals surface area (Å²) in [6, 6.07) is 0.635. The van der Waals surface area contributed by atoms with Crippen molar-refractivity contribution in [2.75, 3.05) is 13.1 Å². The van der Waals surface area contributed by atoms with Gasteiger partial charge in [-0.3, -0.25) is 0 Å². The molecule has 0 aromatic rings. The molecule has 1 heterocycles. The molecule has 0 atom stereocenters. The first-order valence-electron chi connectivity index (χ1n) is 7.08. The Labute approximate surface area is 112 Å². The highest BCUT2D eigenvalue weighted by molar-refractivity contribution is 5.85. The summed E-state index contributed by atoms with van der Waals surface area (Å²) in [5.41, 5.74) is -0.328. The highest BCUT2D eigenvalue weighted by atomic mass is 35.5. The minimum atomic E-state index is -0.328. The van der Waals surface area contributed by atoms with E-state index in [2.05, 4.69) is 18.7 Å². The third-order valence-electron chi connectivity index (χ3n) is 4.76. The van der Waals surface area contributed by atoms with Crippen molar-refractivity contribution in [1.82, 2.24) is 4.90 Å². The van der Waals surface area contributed by atoms with Crippen LogP contribution in [-0.4, -0.2) is 34.7 Å². The maximum Gasteiger partial charge on any atom is 0.0700 e. The molecule has 0 unspecified atom stereocenters. The summed E-state index contributed by atoms with van der Waals surface area (Å²) in [7, 11) is 0. The number of hydrogen-bond acceptors (Lipinski definition) is 2. The maximum absolute atomic E-state index is 10.8. The minimum Gasteiger partial charge on any atom is -0.390 e. The van der Waals surface area contributed by atoms with Crippen LogP contribution in [0, 0.1) is 5.92 Å². The lowest BCUT2D eigenvalue weighted by Crippen LogP contribution is -2.50. The molecule has 102 valence electrons. The van der Waals surface area contributed by atoms with E-state index in [4.69, 9.17) is 0 Å². The van der Waals surface area contributed by atoms with Gasteiger partial charge in [0.1, 0.15) is 0 Å². The summed E-state index contributed by atoms with van der Waals surface area (Å²) in [4.78, 5) is 2.50. The first-order valence-corrected chi connectivity index (χ1v) is 7.08. The van der Waals surface area contributed by atoms with Crippen LogP contribution in [0.15, 0.2) is 0 Å². The van der Waals surface area contributed by atoms with E-state index in [0.717, 1.165) is 25.9 Å². The largest absolute Gasteiger partial charge is 0.390 e. The second-order valence-corrected chi connectivity index (χ2v) is 6.07. The fourth-order valence-corrected chi connectivity index (χ4v) is 3.48. The highest BCUT2D eigenvalue weighted by Crippen LogP contribution is 2.39. The molecule has 1 saturated carbocycles. The van der Waals surface area contributed by atoms with Crippen molar-refractivity contribution in [3.8, 4) is 0 Å².